The molecule has 0 saturated carbocycles. The lowest BCUT2D eigenvalue weighted by Gasteiger charge is -2.06. The number of likely N-dealkylation sites (tertiary alicyclic amines) is 1. The molecule has 0 amide bonds. The lowest BCUT2D eigenvalue weighted by Crippen LogP contribution is -2.21. The Hall–Kier alpha value is -0.220. The second kappa shape index (κ2) is 8.38. The van der Waals surface area contributed by atoms with Gasteiger partial charge in [-0.05, 0) is 7.05 Å². The van der Waals surface area contributed by atoms with Gasteiger partial charge >= 0.3 is 0 Å². The van der Waals surface area contributed by atoms with E-state index < -0.39 is 5.92 Å². The molecule has 0 aromatic heterocycles. The predicted octanol–water partition coefficient (Wildman–Crippen LogP) is 2.25. The van der Waals surface area contributed by atoms with Crippen LogP contribution in [0, 0.1) is 0 Å². The van der Waals surface area contributed by atoms with E-state index in [2.05, 4.69) is 4.74 Å². The maximum atomic E-state index is 12.2. The third-order valence-corrected chi connectivity index (χ3v) is 1.36. The Morgan fingerprint density at radius 2 is 1.62 bits per heavy atom. The summed E-state index contributed by atoms with van der Waals surface area (Å²) in [6.45, 7) is 4.47. The van der Waals surface area contributed by atoms with Crippen LogP contribution in [-0.4, -0.2) is 45.2 Å². The molecule has 2 nitrogen and oxygen atoms in total. The van der Waals surface area contributed by atoms with Crippen molar-refractivity contribution in [2.75, 3.05) is 34.4 Å². The van der Waals surface area contributed by atoms with Crippen molar-refractivity contribution in [2.24, 2.45) is 0 Å². The Morgan fingerprint density at radius 3 is 1.69 bits per heavy atom. The standard InChI is InChI=1S/C5H9F2N.C2H6O.C2H6/c1-8-3-2-5(6,7)4-8;1-3-2;1-2/h2-4H2,1H3;1-2H3;1-2H3. The van der Waals surface area contributed by atoms with Crippen LogP contribution in [0.25, 0.3) is 0 Å². The summed E-state index contributed by atoms with van der Waals surface area (Å²) in [4.78, 5) is 1.64. The molecule has 1 fully saturated rings. The monoisotopic (exact) mass is 197 g/mol. The molecular weight excluding hydrogens is 176 g/mol. The number of halogens is 2. The van der Waals surface area contributed by atoms with E-state index in [1.807, 2.05) is 13.8 Å². The summed E-state index contributed by atoms with van der Waals surface area (Å²) in [7, 11) is 4.96. The highest BCUT2D eigenvalue weighted by atomic mass is 19.3. The summed E-state index contributed by atoms with van der Waals surface area (Å²) >= 11 is 0. The minimum absolute atomic E-state index is 0.0312. The van der Waals surface area contributed by atoms with Crippen LogP contribution in [0.3, 0.4) is 0 Å². The first kappa shape index (κ1) is 15.3. The molecule has 0 N–H and O–H groups in total. The number of rotatable bonds is 0. The van der Waals surface area contributed by atoms with Crippen molar-refractivity contribution in [3.8, 4) is 0 Å². The average molecular weight is 197 g/mol. The Bertz CT molecular complexity index is 110. The van der Waals surface area contributed by atoms with Gasteiger partial charge in [-0.2, -0.15) is 0 Å². The van der Waals surface area contributed by atoms with Gasteiger partial charge in [0.2, 0.25) is 0 Å². The highest BCUT2D eigenvalue weighted by Crippen LogP contribution is 2.24. The van der Waals surface area contributed by atoms with Crippen LogP contribution in [0.4, 0.5) is 8.78 Å². The zero-order valence-corrected chi connectivity index (χ0v) is 9.23. The summed E-state index contributed by atoms with van der Waals surface area (Å²) in [5.41, 5.74) is 0. The molecule has 1 saturated heterocycles. The van der Waals surface area contributed by atoms with Crippen LogP contribution in [0.1, 0.15) is 20.3 Å². The molecule has 0 aromatic rings. The van der Waals surface area contributed by atoms with E-state index in [-0.39, 0.29) is 13.0 Å². The molecule has 1 rings (SSSR count). The molecule has 13 heavy (non-hydrogen) atoms. The Kier molecular flexibility index (Phi) is 9.84. The second-order valence-corrected chi connectivity index (χ2v) is 2.75. The van der Waals surface area contributed by atoms with Gasteiger partial charge in [-0.3, -0.25) is 0 Å². The van der Waals surface area contributed by atoms with E-state index in [4.69, 9.17) is 0 Å². The van der Waals surface area contributed by atoms with Crippen molar-refractivity contribution in [1.82, 2.24) is 4.90 Å². The molecule has 0 radical (unpaired) electrons. The largest absolute Gasteiger partial charge is 0.388 e. The first-order valence-corrected chi connectivity index (χ1v) is 4.48. The van der Waals surface area contributed by atoms with Crippen molar-refractivity contribution in [2.45, 2.75) is 26.2 Å². The fourth-order valence-corrected chi connectivity index (χ4v) is 0.907. The Balaban J connectivity index is 0. The van der Waals surface area contributed by atoms with Gasteiger partial charge in [-0.15, -0.1) is 0 Å². The van der Waals surface area contributed by atoms with E-state index in [1.54, 1.807) is 26.2 Å². The fraction of sp³-hybridized carbons (Fsp3) is 1.00. The molecule has 1 aliphatic heterocycles. The Morgan fingerprint density at radius 1 is 1.23 bits per heavy atom. The topological polar surface area (TPSA) is 12.5 Å². The third kappa shape index (κ3) is 9.70. The molecule has 0 aliphatic carbocycles. The zero-order valence-electron chi connectivity index (χ0n) is 9.23. The second-order valence-electron chi connectivity index (χ2n) is 2.75. The number of alkyl halides is 2. The van der Waals surface area contributed by atoms with Crippen molar-refractivity contribution in [1.29, 1.82) is 0 Å². The number of methoxy groups -OCH3 is 1. The van der Waals surface area contributed by atoms with Crippen molar-refractivity contribution >= 4 is 0 Å². The van der Waals surface area contributed by atoms with Crippen LogP contribution < -0.4 is 0 Å². The van der Waals surface area contributed by atoms with Crippen molar-refractivity contribution in [3.63, 3.8) is 0 Å². The van der Waals surface area contributed by atoms with Crippen LogP contribution in [0.15, 0.2) is 0 Å². The zero-order chi connectivity index (χ0) is 10.9. The molecule has 0 atom stereocenters. The normalized spacial score (nSPS) is 19.6. The minimum atomic E-state index is -2.41. The van der Waals surface area contributed by atoms with E-state index in [0.29, 0.717) is 6.54 Å². The van der Waals surface area contributed by atoms with E-state index in [9.17, 15) is 8.78 Å². The Labute approximate surface area is 79.9 Å². The highest BCUT2D eigenvalue weighted by molar-refractivity contribution is 4.78. The van der Waals surface area contributed by atoms with Gasteiger partial charge in [0, 0.05) is 27.2 Å². The fourth-order valence-electron chi connectivity index (χ4n) is 0.907. The summed E-state index contributed by atoms with van der Waals surface area (Å²) in [6.07, 6.45) is 0.0312. The average Bonchev–Trinajstić information content (AvgIpc) is 2.35. The smallest absolute Gasteiger partial charge is 0.261 e. The molecule has 0 bridgehead atoms. The number of hydrogen-bond acceptors (Lipinski definition) is 2. The SMILES string of the molecule is CC.CN1CCC(F)(F)C1.COC. The van der Waals surface area contributed by atoms with Gasteiger partial charge in [0.15, 0.2) is 0 Å². The first-order chi connectivity index (χ1) is 6.02. The predicted molar refractivity (Wildman–Crippen MR) is 51.3 cm³/mol. The summed E-state index contributed by atoms with van der Waals surface area (Å²) in [5, 5.41) is 0. The first-order valence-electron chi connectivity index (χ1n) is 4.48. The number of nitrogens with zero attached hydrogens (tertiary/aromatic N) is 1. The molecule has 82 valence electrons. The van der Waals surface area contributed by atoms with Gasteiger partial charge in [0.05, 0.1) is 6.54 Å². The van der Waals surface area contributed by atoms with Crippen LogP contribution >= 0.6 is 0 Å². The molecule has 1 heterocycles. The van der Waals surface area contributed by atoms with Crippen molar-refractivity contribution in [3.05, 3.63) is 0 Å². The highest BCUT2D eigenvalue weighted by Gasteiger charge is 2.35. The van der Waals surface area contributed by atoms with E-state index >= 15 is 0 Å². The van der Waals surface area contributed by atoms with Gasteiger partial charge in [0.1, 0.15) is 0 Å². The van der Waals surface area contributed by atoms with Crippen LogP contribution in [0.5, 0.6) is 0 Å². The van der Waals surface area contributed by atoms with E-state index in [1.165, 1.54) is 0 Å². The summed E-state index contributed by atoms with van der Waals surface area (Å²) in [5.74, 6) is -2.41. The molecule has 0 aromatic carbocycles. The lowest BCUT2D eigenvalue weighted by atomic mass is 10.3. The number of hydrogen-bond donors (Lipinski definition) is 0. The van der Waals surface area contributed by atoms with Crippen LogP contribution in [0.2, 0.25) is 0 Å². The third-order valence-electron chi connectivity index (χ3n) is 1.36. The maximum Gasteiger partial charge on any atom is 0.261 e. The molecule has 4 heteroatoms. The van der Waals surface area contributed by atoms with Gasteiger partial charge in [-0.25, -0.2) is 8.78 Å². The van der Waals surface area contributed by atoms with Gasteiger partial charge < -0.3 is 9.64 Å². The summed E-state index contributed by atoms with van der Waals surface area (Å²) < 4.78 is 28.6. The summed E-state index contributed by atoms with van der Waals surface area (Å²) in [6, 6.07) is 0. The maximum absolute atomic E-state index is 12.2. The van der Waals surface area contributed by atoms with Crippen LogP contribution in [-0.2, 0) is 4.74 Å². The van der Waals surface area contributed by atoms with E-state index in [0.717, 1.165) is 0 Å². The molecular formula is C9H21F2NO. The molecule has 1 aliphatic rings. The molecule has 0 spiro atoms. The molecule has 0 unspecified atom stereocenters. The minimum Gasteiger partial charge on any atom is -0.388 e. The quantitative estimate of drug-likeness (QED) is 0.590. The van der Waals surface area contributed by atoms with Crippen molar-refractivity contribution < 1.29 is 13.5 Å². The number of ether oxygens (including phenoxy) is 1. The lowest BCUT2D eigenvalue weighted by molar-refractivity contribution is 0.0146. The van der Waals surface area contributed by atoms with Gasteiger partial charge in [-0.1, -0.05) is 13.8 Å². The van der Waals surface area contributed by atoms with Gasteiger partial charge in [0.25, 0.3) is 5.92 Å².